The zero-order valence-corrected chi connectivity index (χ0v) is 13.1. The number of rotatable bonds is 1. The van der Waals surface area contributed by atoms with Gasteiger partial charge in [0.25, 0.3) is 0 Å². The topological polar surface area (TPSA) is 62.4 Å². The number of anilines is 2. The predicted molar refractivity (Wildman–Crippen MR) is 80.2 cm³/mol. The van der Waals surface area contributed by atoms with Crippen LogP contribution >= 0.6 is 55.1 Å². The summed E-state index contributed by atoms with van der Waals surface area (Å²) in [6.07, 6.45) is 0. The molecule has 0 aliphatic carbocycles. The molecule has 2 rings (SSSR count). The third kappa shape index (κ3) is 2.50. The molecule has 1 aromatic rings. The SMILES string of the molecule is Nc1c(Br)c(Cl)c(NC2=NCCN2)c(Cl)c1Br. The summed E-state index contributed by atoms with van der Waals surface area (Å²) in [4.78, 5) is 4.21. The van der Waals surface area contributed by atoms with Crippen molar-refractivity contribution in [2.24, 2.45) is 4.99 Å². The van der Waals surface area contributed by atoms with Crippen molar-refractivity contribution >= 4 is 72.4 Å². The second-order valence-corrected chi connectivity index (χ2v) is 5.67. The molecule has 17 heavy (non-hydrogen) atoms. The number of nitrogens with two attached hydrogens (primary N) is 1. The van der Waals surface area contributed by atoms with Gasteiger partial charge < -0.3 is 16.4 Å². The molecular weight excluding hydrogens is 395 g/mol. The highest BCUT2D eigenvalue weighted by Gasteiger charge is 2.19. The molecule has 0 aromatic heterocycles. The highest BCUT2D eigenvalue weighted by atomic mass is 79.9. The van der Waals surface area contributed by atoms with Crippen LogP contribution in [0.5, 0.6) is 0 Å². The van der Waals surface area contributed by atoms with Crippen LogP contribution in [0.4, 0.5) is 11.4 Å². The van der Waals surface area contributed by atoms with E-state index in [1.807, 2.05) is 0 Å². The summed E-state index contributed by atoms with van der Waals surface area (Å²) in [6.45, 7) is 1.53. The molecule has 1 aliphatic heterocycles. The molecule has 1 heterocycles. The van der Waals surface area contributed by atoms with Gasteiger partial charge in [-0.05, 0) is 31.9 Å². The van der Waals surface area contributed by atoms with Gasteiger partial charge in [-0.25, -0.2) is 0 Å². The zero-order chi connectivity index (χ0) is 12.6. The molecule has 0 atom stereocenters. The van der Waals surface area contributed by atoms with Gasteiger partial charge in [-0.3, -0.25) is 4.99 Å². The van der Waals surface area contributed by atoms with Crippen LogP contribution in [0.1, 0.15) is 0 Å². The van der Waals surface area contributed by atoms with Gasteiger partial charge in [0.1, 0.15) is 0 Å². The third-order valence-corrected chi connectivity index (χ3v) is 5.07. The first-order chi connectivity index (χ1) is 8.02. The minimum atomic E-state index is 0.423. The fourth-order valence-electron chi connectivity index (χ4n) is 1.36. The lowest BCUT2D eigenvalue weighted by atomic mass is 10.3. The van der Waals surface area contributed by atoms with Gasteiger partial charge in [0.05, 0.1) is 36.9 Å². The summed E-state index contributed by atoms with van der Waals surface area (Å²) in [5, 5.41) is 6.97. The smallest absolute Gasteiger partial charge is 0.196 e. The summed E-state index contributed by atoms with van der Waals surface area (Å²) >= 11 is 19.0. The van der Waals surface area contributed by atoms with E-state index < -0.39 is 0 Å². The number of hydrogen-bond donors (Lipinski definition) is 3. The molecule has 0 saturated heterocycles. The average molecular weight is 403 g/mol. The summed E-state index contributed by atoms with van der Waals surface area (Å²) < 4.78 is 1.19. The van der Waals surface area contributed by atoms with Gasteiger partial charge in [-0.2, -0.15) is 0 Å². The Hall–Kier alpha value is -0.170. The van der Waals surface area contributed by atoms with Gasteiger partial charge in [0.2, 0.25) is 0 Å². The average Bonchev–Trinajstić information content (AvgIpc) is 2.82. The number of hydrogen-bond acceptors (Lipinski definition) is 4. The van der Waals surface area contributed by atoms with Crippen molar-refractivity contribution < 1.29 is 0 Å². The standard InChI is InChI=1S/C9H8Br2Cl2N4/c10-3-5(12)8(6(13)4(11)7(3)14)17-9-15-1-2-16-9/h1-2,14H2,(H2,15,16,17). The Morgan fingerprint density at radius 3 is 2.29 bits per heavy atom. The van der Waals surface area contributed by atoms with Crippen LogP contribution in [0.15, 0.2) is 13.9 Å². The van der Waals surface area contributed by atoms with Crippen LogP contribution in [-0.4, -0.2) is 19.0 Å². The maximum atomic E-state index is 6.18. The van der Waals surface area contributed by atoms with E-state index in [1.54, 1.807) is 0 Å². The van der Waals surface area contributed by atoms with Crippen LogP contribution < -0.4 is 16.4 Å². The Bertz CT molecular complexity index is 475. The lowest BCUT2D eigenvalue weighted by Crippen LogP contribution is -2.26. The molecule has 8 heteroatoms. The van der Waals surface area contributed by atoms with E-state index in [2.05, 4.69) is 47.5 Å². The summed E-state index contributed by atoms with van der Waals surface area (Å²) in [5.41, 5.74) is 6.85. The van der Waals surface area contributed by atoms with Crippen LogP contribution in [0.25, 0.3) is 0 Å². The van der Waals surface area contributed by atoms with E-state index in [9.17, 15) is 0 Å². The lowest BCUT2D eigenvalue weighted by Gasteiger charge is -2.15. The quantitative estimate of drug-likeness (QED) is 0.498. The maximum Gasteiger partial charge on any atom is 0.196 e. The second kappa shape index (κ2) is 5.22. The number of guanidine groups is 1. The first-order valence-corrected chi connectivity index (χ1v) is 7.03. The van der Waals surface area contributed by atoms with Gasteiger partial charge in [0, 0.05) is 6.54 Å². The number of nitrogen functional groups attached to an aromatic ring is 1. The summed E-state index contributed by atoms with van der Waals surface area (Å²) in [6, 6.07) is 0. The van der Waals surface area contributed by atoms with Crippen LogP contribution in [-0.2, 0) is 0 Å². The van der Waals surface area contributed by atoms with Crippen LogP contribution in [0, 0.1) is 0 Å². The zero-order valence-electron chi connectivity index (χ0n) is 8.45. The van der Waals surface area contributed by atoms with Crippen molar-refractivity contribution in [1.82, 2.24) is 5.32 Å². The molecule has 0 spiro atoms. The summed E-state index contributed by atoms with van der Waals surface area (Å²) in [7, 11) is 0. The number of benzene rings is 1. The first-order valence-electron chi connectivity index (χ1n) is 4.69. The Labute approximate surface area is 125 Å². The molecule has 0 bridgehead atoms. The molecule has 0 saturated carbocycles. The molecular formula is C9H8Br2Cl2N4. The predicted octanol–water partition coefficient (Wildman–Crippen LogP) is 3.47. The maximum absolute atomic E-state index is 6.18. The Kier molecular flexibility index (Phi) is 4.07. The van der Waals surface area contributed by atoms with Gasteiger partial charge in [-0.1, -0.05) is 23.2 Å². The molecule has 0 fully saturated rings. The van der Waals surface area contributed by atoms with E-state index in [4.69, 9.17) is 28.9 Å². The monoisotopic (exact) mass is 400 g/mol. The van der Waals surface area contributed by atoms with E-state index in [0.717, 1.165) is 13.1 Å². The molecule has 1 aromatic carbocycles. The normalized spacial score (nSPS) is 14.5. The van der Waals surface area contributed by atoms with Crippen molar-refractivity contribution in [3.63, 3.8) is 0 Å². The molecule has 1 aliphatic rings. The van der Waals surface area contributed by atoms with Crippen molar-refractivity contribution in [1.29, 1.82) is 0 Å². The minimum Gasteiger partial charge on any atom is -0.397 e. The van der Waals surface area contributed by atoms with Gasteiger partial charge in [-0.15, -0.1) is 0 Å². The van der Waals surface area contributed by atoms with E-state index >= 15 is 0 Å². The Morgan fingerprint density at radius 2 is 1.82 bits per heavy atom. The second-order valence-electron chi connectivity index (χ2n) is 3.33. The van der Waals surface area contributed by atoms with Crippen molar-refractivity contribution in [2.45, 2.75) is 0 Å². The minimum absolute atomic E-state index is 0.423. The molecule has 0 radical (unpaired) electrons. The highest BCUT2D eigenvalue weighted by molar-refractivity contribution is 9.11. The van der Waals surface area contributed by atoms with Crippen LogP contribution in [0.3, 0.4) is 0 Å². The molecule has 0 amide bonds. The largest absolute Gasteiger partial charge is 0.397 e. The number of halogens is 4. The number of nitrogens with one attached hydrogen (secondary N) is 2. The van der Waals surface area contributed by atoms with Gasteiger partial charge >= 0.3 is 0 Å². The van der Waals surface area contributed by atoms with E-state index in [1.165, 1.54) is 0 Å². The lowest BCUT2D eigenvalue weighted by molar-refractivity contribution is 0.959. The molecule has 4 N–H and O–H groups in total. The molecule has 92 valence electrons. The summed E-state index contributed by atoms with van der Waals surface area (Å²) in [5.74, 6) is 0.650. The molecule has 4 nitrogen and oxygen atoms in total. The number of aliphatic imine (C=N–C) groups is 1. The van der Waals surface area contributed by atoms with E-state index in [0.29, 0.717) is 36.3 Å². The van der Waals surface area contributed by atoms with Crippen molar-refractivity contribution in [3.8, 4) is 0 Å². The first kappa shape index (κ1) is 13.3. The van der Waals surface area contributed by atoms with Crippen molar-refractivity contribution in [3.05, 3.63) is 19.0 Å². The Balaban J connectivity index is 2.46. The van der Waals surface area contributed by atoms with Crippen LogP contribution in [0.2, 0.25) is 10.0 Å². The fourth-order valence-corrected chi connectivity index (χ4v) is 2.95. The number of nitrogens with zero attached hydrogens (tertiary/aromatic N) is 1. The Morgan fingerprint density at radius 1 is 1.24 bits per heavy atom. The highest BCUT2D eigenvalue weighted by Crippen LogP contribution is 2.46. The van der Waals surface area contributed by atoms with Gasteiger partial charge in [0.15, 0.2) is 5.96 Å². The molecule has 0 unspecified atom stereocenters. The van der Waals surface area contributed by atoms with E-state index in [-0.39, 0.29) is 0 Å². The van der Waals surface area contributed by atoms with Crippen molar-refractivity contribution in [2.75, 3.05) is 24.1 Å². The fraction of sp³-hybridized carbons (Fsp3) is 0.222. The third-order valence-electron chi connectivity index (χ3n) is 2.21.